The van der Waals surface area contributed by atoms with E-state index in [0.29, 0.717) is 11.4 Å². The maximum absolute atomic E-state index is 9.53. The first kappa shape index (κ1) is 30.9. The average molecular weight is 663 g/mol. The highest BCUT2D eigenvalue weighted by Crippen LogP contribution is 2.38. The zero-order chi connectivity index (χ0) is 35.2. The van der Waals surface area contributed by atoms with Gasteiger partial charge in [0.15, 0.2) is 5.82 Å². The second-order valence-corrected chi connectivity index (χ2v) is 13.1. The van der Waals surface area contributed by atoms with Gasteiger partial charge in [-0.05, 0) is 94.9 Å². The van der Waals surface area contributed by atoms with Crippen molar-refractivity contribution < 1.29 is 0 Å². The summed E-state index contributed by atoms with van der Waals surface area (Å²) in [6.45, 7) is 4.07. The smallest absolute Gasteiger partial charge is 0.160 e. The summed E-state index contributed by atoms with van der Waals surface area (Å²) < 4.78 is 0. The lowest BCUT2D eigenvalue weighted by Gasteiger charge is -2.14. The van der Waals surface area contributed by atoms with Gasteiger partial charge in [0.1, 0.15) is 0 Å². The molecule has 0 bridgehead atoms. The Hall–Kier alpha value is -7.14. The molecule has 4 nitrogen and oxygen atoms in total. The van der Waals surface area contributed by atoms with Crippen molar-refractivity contribution in [3.8, 4) is 62.1 Å². The van der Waals surface area contributed by atoms with Gasteiger partial charge in [-0.15, -0.1) is 0 Å². The van der Waals surface area contributed by atoms with Crippen LogP contribution < -0.4 is 0 Å². The quantitative estimate of drug-likeness (QED) is 0.172. The molecule has 0 saturated heterocycles. The first-order valence-electron chi connectivity index (χ1n) is 17.2. The van der Waals surface area contributed by atoms with Crippen molar-refractivity contribution in [3.05, 3.63) is 175 Å². The number of aromatic nitrogens is 3. The van der Waals surface area contributed by atoms with E-state index in [-0.39, 0.29) is 0 Å². The van der Waals surface area contributed by atoms with Crippen molar-refractivity contribution >= 4 is 32.4 Å². The Bertz CT molecular complexity index is 2880. The Balaban J connectivity index is 1.20. The number of nitriles is 1. The monoisotopic (exact) mass is 662 g/mol. The Morgan fingerprint density at radius 1 is 0.538 bits per heavy atom. The summed E-state index contributed by atoms with van der Waals surface area (Å²) >= 11 is 0. The number of rotatable bonds is 5. The van der Waals surface area contributed by atoms with Crippen LogP contribution in [0.5, 0.6) is 0 Å². The zero-order valence-electron chi connectivity index (χ0n) is 28.6. The first-order valence-corrected chi connectivity index (χ1v) is 17.2. The van der Waals surface area contributed by atoms with E-state index in [1.807, 2.05) is 37.3 Å². The third kappa shape index (κ3) is 5.41. The van der Waals surface area contributed by atoms with Crippen molar-refractivity contribution in [1.82, 2.24) is 15.0 Å². The lowest BCUT2D eigenvalue weighted by atomic mass is 9.91. The van der Waals surface area contributed by atoms with E-state index in [1.54, 1.807) is 0 Å². The molecule has 0 aliphatic carbocycles. The van der Waals surface area contributed by atoms with Gasteiger partial charge in [-0.25, -0.2) is 9.97 Å². The highest BCUT2D eigenvalue weighted by Gasteiger charge is 2.16. The minimum Gasteiger partial charge on any atom is -0.258 e. The van der Waals surface area contributed by atoms with E-state index < -0.39 is 0 Å². The van der Waals surface area contributed by atoms with Gasteiger partial charge in [-0.3, -0.25) is 4.98 Å². The Morgan fingerprint density at radius 2 is 1.29 bits per heavy atom. The largest absolute Gasteiger partial charge is 0.258 e. The van der Waals surface area contributed by atoms with Crippen LogP contribution in [0.4, 0.5) is 0 Å². The predicted octanol–water partition coefficient (Wildman–Crippen LogP) is 11.8. The number of hydrogen-bond donors (Lipinski definition) is 0. The minimum atomic E-state index is 0.632. The Morgan fingerprint density at radius 3 is 2.13 bits per heavy atom. The molecule has 2 heterocycles. The van der Waals surface area contributed by atoms with Crippen LogP contribution in [0.1, 0.15) is 17.0 Å². The molecule has 0 unspecified atom stereocenters. The molecular formula is C48H30N4. The fourth-order valence-electron chi connectivity index (χ4n) is 7.25. The van der Waals surface area contributed by atoms with Gasteiger partial charge < -0.3 is 0 Å². The van der Waals surface area contributed by atoms with Crippen molar-refractivity contribution in [2.75, 3.05) is 0 Å². The standard InChI is InChI=1S/C48H30N4/c1-30-17-23-39(31(2)50-30)34-18-20-35(21-19-34)48-51-46(45-24-22-33-10-3-4-14-42(33)47(45)52-48)38-13-8-12-37(28-38)41-26-25-40(43-15-5-6-16-44(41)43)36-11-7-9-32(27-36)29-49/h3-5,7-15,17-28H,1-2H3. The SMILES string of the molecule is Cc1ccc(-c2ccc(-c3nc(-c4cccc(-c5ccc(-c6cccc(C#N)c6)c6ccc#cc56)c4)c4ccc5ccccc5c4n3)cc2)c(C)n1. The lowest BCUT2D eigenvalue weighted by Crippen LogP contribution is -1.97. The molecule has 0 atom stereocenters. The lowest BCUT2D eigenvalue weighted by molar-refractivity contribution is 1.13. The van der Waals surface area contributed by atoms with Crippen molar-refractivity contribution in [1.29, 1.82) is 5.26 Å². The highest BCUT2D eigenvalue weighted by molar-refractivity contribution is 6.10. The fourth-order valence-corrected chi connectivity index (χ4v) is 7.25. The van der Waals surface area contributed by atoms with Crippen LogP contribution in [0.15, 0.2) is 146 Å². The first-order chi connectivity index (χ1) is 25.5. The maximum atomic E-state index is 9.53. The van der Waals surface area contributed by atoms with E-state index in [9.17, 15) is 5.26 Å². The van der Waals surface area contributed by atoms with Crippen LogP contribution in [0.3, 0.4) is 0 Å². The average Bonchev–Trinajstić information content (AvgIpc) is 3.20. The van der Waals surface area contributed by atoms with Gasteiger partial charge in [0, 0.05) is 44.2 Å². The van der Waals surface area contributed by atoms with Crippen LogP contribution in [0.25, 0.3) is 88.5 Å². The summed E-state index contributed by atoms with van der Waals surface area (Å²) in [4.78, 5) is 15.2. The predicted molar refractivity (Wildman–Crippen MR) is 211 cm³/mol. The third-order valence-electron chi connectivity index (χ3n) is 9.80. The molecule has 0 amide bonds. The van der Waals surface area contributed by atoms with Gasteiger partial charge >= 0.3 is 0 Å². The van der Waals surface area contributed by atoms with Crippen LogP contribution in [-0.2, 0) is 0 Å². The topological polar surface area (TPSA) is 62.5 Å². The van der Waals surface area contributed by atoms with Gasteiger partial charge in [0.25, 0.3) is 0 Å². The number of hydrogen-bond acceptors (Lipinski definition) is 4. The molecule has 0 aliphatic heterocycles. The number of aryl methyl sites for hydroxylation is 2. The Kier molecular flexibility index (Phi) is 7.50. The molecule has 52 heavy (non-hydrogen) atoms. The van der Waals surface area contributed by atoms with Crippen LogP contribution in [0, 0.1) is 37.3 Å². The summed E-state index contributed by atoms with van der Waals surface area (Å²) in [5, 5.41) is 14.8. The molecule has 0 N–H and O–H groups in total. The van der Waals surface area contributed by atoms with E-state index in [1.165, 1.54) is 0 Å². The summed E-state index contributed by atoms with van der Waals surface area (Å²) in [5.74, 6) is 0.673. The molecule has 7 aromatic carbocycles. The minimum absolute atomic E-state index is 0.632. The van der Waals surface area contributed by atoms with Crippen LogP contribution in [-0.4, -0.2) is 15.0 Å². The molecule has 0 radical (unpaired) electrons. The van der Waals surface area contributed by atoms with Crippen molar-refractivity contribution in [2.45, 2.75) is 13.8 Å². The molecule has 242 valence electrons. The third-order valence-corrected chi connectivity index (χ3v) is 9.80. The number of pyridine rings is 1. The molecule has 9 aromatic rings. The molecule has 0 saturated carbocycles. The van der Waals surface area contributed by atoms with Gasteiger partial charge in [0.2, 0.25) is 0 Å². The Labute approximate surface area is 302 Å². The number of fused-ring (bicyclic) bond motifs is 4. The van der Waals surface area contributed by atoms with E-state index in [0.717, 1.165) is 94.0 Å². The van der Waals surface area contributed by atoms with Gasteiger partial charge in [0.05, 0.1) is 22.8 Å². The second kappa shape index (κ2) is 12.6. The molecule has 0 aliphatic rings. The summed E-state index contributed by atoms with van der Waals surface area (Å²) in [7, 11) is 0. The maximum Gasteiger partial charge on any atom is 0.160 e. The van der Waals surface area contributed by atoms with E-state index >= 15 is 0 Å². The van der Waals surface area contributed by atoms with Crippen molar-refractivity contribution in [3.63, 3.8) is 0 Å². The molecule has 9 rings (SSSR count). The molecule has 0 fully saturated rings. The summed E-state index contributed by atoms with van der Waals surface area (Å²) in [6, 6.07) is 58.7. The highest BCUT2D eigenvalue weighted by atomic mass is 14.9. The summed E-state index contributed by atoms with van der Waals surface area (Å²) in [6.07, 6.45) is 0. The summed E-state index contributed by atoms with van der Waals surface area (Å²) in [5.41, 5.74) is 12.8. The fraction of sp³-hybridized carbons (Fsp3) is 0.0417. The molecule has 2 aromatic heterocycles. The van der Waals surface area contributed by atoms with Gasteiger partial charge in [-0.1, -0.05) is 115 Å². The van der Waals surface area contributed by atoms with Crippen LogP contribution >= 0.6 is 0 Å². The molecule has 4 heteroatoms. The number of benzene rings is 6. The second-order valence-electron chi connectivity index (χ2n) is 13.1. The number of nitrogens with zero attached hydrogens (tertiary/aromatic N) is 4. The van der Waals surface area contributed by atoms with Crippen LogP contribution in [0.2, 0.25) is 0 Å². The normalized spacial score (nSPS) is 11.1. The van der Waals surface area contributed by atoms with E-state index in [4.69, 9.17) is 9.97 Å². The van der Waals surface area contributed by atoms with Crippen molar-refractivity contribution in [2.24, 2.45) is 0 Å². The molecule has 0 spiro atoms. The zero-order valence-corrected chi connectivity index (χ0v) is 28.6. The van der Waals surface area contributed by atoms with E-state index in [2.05, 4.69) is 145 Å². The molecular weight excluding hydrogens is 633 g/mol. The van der Waals surface area contributed by atoms with Gasteiger partial charge in [-0.2, -0.15) is 5.26 Å².